The molecule has 2 N–H and O–H groups in total. The van der Waals surface area contributed by atoms with Crippen molar-refractivity contribution in [2.75, 3.05) is 22.7 Å². The summed E-state index contributed by atoms with van der Waals surface area (Å²) < 4.78 is 29.4. The number of nitrogens with one attached hydrogen (secondary N) is 2. The topological polar surface area (TPSA) is 61.4 Å². The quantitative estimate of drug-likeness (QED) is 0.814. The van der Waals surface area contributed by atoms with Gasteiger partial charge in [0.1, 0.15) is 0 Å². The molecule has 5 nitrogen and oxygen atoms in total. The molecule has 0 unspecified atom stereocenters. The number of nitrogens with zero attached hydrogens (tertiary/aromatic N) is 1. The molecule has 1 aromatic rings. The van der Waals surface area contributed by atoms with Crippen molar-refractivity contribution in [1.82, 2.24) is 4.72 Å². The Labute approximate surface area is 127 Å². The molecule has 21 heavy (non-hydrogen) atoms. The van der Waals surface area contributed by atoms with E-state index in [0.29, 0.717) is 5.69 Å². The van der Waals surface area contributed by atoms with E-state index in [1.165, 1.54) is 0 Å². The zero-order valence-corrected chi connectivity index (χ0v) is 13.6. The maximum Gasteiger partial charge on any atom is 0.299 e. The molecule has 1 fully saturated rings. The van der Waals surface area contributed by atoms with Gasteiger partial charge < -0.3 is 4.90 Å². The Morgan fingerprint density at radius 3 is 2.19 bits per heavy atom. The van der Waals surface area contributed by atoms with Crippen LogP contribution in [0.15, 0.2) is 24.3 Å². The molecule has 0 spiro atoms. The van der Waals surface area contributed by atoms with E-state index in [1.807, 2.05) is 24.3 Å². The first-order chi connectivity index (χ1) is 10.0. The molecule has 2 rings (SSSR count). The molecule has 1 saturated carbocycles. The second-order valence-electron chi connectivity index (χ2n) is 5.42. The van der Waals surface area contributed by atoms with Crippen LogP contribution in [0.2, 0.25) is 0 Å². The van der Waals surface area contributed by atoms with Crippen LogP contribution < -0.4 is 14.3 Å². The average molecular weight is 311 g/mol. The molecule has 0 heterocycles. The van der Waals surface area contributed by atoms with Crippen molar-refractivity contribution in [2.45, 2.75) is 45.6 Å². The minimum atomic E-state index is -3.48. The fourth-order valence-electron chi connectivity index (χ4n) is 2.78. The first-order valence-corrected chi connectivity index (χ1v) is 9.17. The fourth-order valence-corrected chi connectivity index (χ4v) is 3.96. The largest absolute Gasteiger partial charge is 0.372 e. The van der Waals surface area contributed by atoms with E-state index >= 15 is 0 Å². The second-order valence-corrected chi connectivity index (χ2v) is 6.87. The van der Waals surface area contributed by atoms with Crippen LogP contribution in [0.25, 0.3) is 0 Å². The predicted molar refractivity (Wildman–Crippen MR) is 87.9 cm³/mol. The molecular weight excluding hydrogens is 286 g/mol. The van der Waals surface area contributed by atoms with Gasteiger partial charge in [0.2, 0.25) is 0 Å². The van der Waals surface area contributed by atoms with E-state index in [4.69, 9.17) is 0 Å². The maximum absolute atomic E-state index is 12.1. The first kappa shape index (κ1) is 16.1. The lowest BCUT2D eigenvalue weighted by Gasteiger charge is -2.21. The maximum atomic E-state index is 12.1. The van der Waals surface area contributed by atoms with Gasteiger partial charge in [-0.15, -0.1) is 0 Å². The summed E-state index contributed by atoms with van der Waals surface area (Å²) >= 11 is 0. The van der Waals surface area contributed by atoms with Gasteiger partial charge in [-0.3, -0.25) is 4.72 Å². The summed E-state index contributed by atoms with van der Waals surface area (Å²) in [4.78, 5) is 2.22. The standard InChI is InChI=1S/C15H25N3O2S/c1-3-18(4-2)15-11-9-14(10-12-15)17-21(19,20)16-13-7-5-6-8-13/h9-13,16-17H,3-8H2,1-2H3. The molecule has 0 radical (unpaired) electrons. The van der Waals surface area contributed by atoms with Crippen molar-refractivity contribution in [2.24, 2.45) is 0 Å². The summed E-state index contributed by atoms with van der Waals surface area (Å²) in [5, 5.41) is 0. The van der Waals surface area contributed by atoms with Gasteiger partial charge in [-0.05, 0) is 51.0 Å². The highest BCUT2D eigenvalue weighted by atomic mass is 32.2. The molecule has 0 saturated heterocycles. The highest BCUT2D eigenvalue weighted by molar-refractivity contribution is 7.90. The van der Waals surface area contributed by atoms with Crippen molar-refractivity contribution in [3.05, 3.63) is 24.3 Å². The summed E-state index contributed by atoms with van der Waals surface area (Å²) in [5.41, 5.74) is 1.70. The Morgan fingerprint density at radius 1 is 1.10 bits per heavy atom. The third kappa shape index (κ3) is 4.61. The molecule has 118 valence electrons. The molecule has 0 aliphatic heterocycles. The van der Waals surface area contributed by atoms with Gasteiger partial charge in [0.05, 0.1) is 0 Å². The SMILES string of the molecule is CCN(CC)c1ccc(NS(=O)(=O)NC2CCCC2)cc1. The zero-order valence-electron chi connectivity index (χ0n) is 12.8. The lowest BCUT2D eigenvalue weighted by atomic mass is 10.2. The van der Waals surface area contributed by atoms with Crippen molar-refractivity contribution < 1.29 is 8.42 Å². The number of benzene rings is 1. The van der Waals surface area contributed by atoms with Gasteiger partial charge in [0.15, 0.2) is 0 Å². The van der Waals surface area contributed by atoms with E-state index in [2.05, 4.69) is 28.2 Å². The van der Waals surface area contributed by atoms with Crippen molar-refractivity contribution in [3.8, 4) is 0 Å². The first-order valence-electron chi connectivity index (χ1n) is 7.69. The summed E-state index contributed by atoms with van der Waals surface area (Å²) in [5.74, 6) is 0. The number of rotatable bonds is 7. The molecule has 0 bridgehead atoms. The van der Waals surface area contributed by atoms with Gasteiger partial charge in [0.25, 0.3) is 10.2 Å². The number of hydrogen-bond donors (Lipinski definition) is 2. The normalized spacial score (nSPS) is 16.1. The molecule has 0 atom stereocenters. The average Bonchev–Trinajstić information content (AvgIpc) is 2.93. The van der Waals surface area contributed by atoms with Crippen LogP contribution in [0, 0.1) is 0 Å². The fraction of sp³-hybridized carbons (Fsp3) is 0.600. The van der Waals surface area contributed by atoms with Gasteiger partial charge >= 0.3 is 0 Å². The van der Waals surface area contributed by atoms with Gasteiger partial charge in [-0.2, -0.15) is 13.1 Å². The van der Waals surface area contributed by atoms with Crippen LogP contribution in [-0.2, 0) is 10.2 Å². The van der Waals surface area contributed by atoms with E-state index < -0.39 is 10.2 Å². The van der Waals surface area contributed by atoms with Crippen LogP contribution >= 0.6 is 0 Å². The molecule has 1 aromatic carbocycles. The van der Waals surface area contributed by atoms with Crippen LogP contribution in [0.3, 0.4) is 0 Å². The smallest absolute Gasteiger partial charge is 0.299 e. The molecule has 6 heteroatoms. The Balaban J connectivity index is 1.98. The number of anilines is 2. The molecule has 1 aliphatic rings. The number of hydrogen-bond acceptors (Lipinski definition) is 3. The Bertz CT molecular complexity index is 533. The van der Waals surface area contributed by atoms with E-state index in [0.717, 1.165) is 44.5 Å². The Morgan fingerprint density at radius 2 is 1.67 bits per heavy atom. The van der Waals surface area contributed by atoms with Crippen LogP contribution in [0.4, 0.5) is 11.4 Å². The highest BCUT2D eigenvalue weighted by Gasteiger charge is 2.21. The zero-order chi connectivity index (χ0) is 15.3. The van der Waals surface area contributed by atoms with E-state index in [1.54, 1.807) is 0 Å². The van der Waals surface area contributed by atoms with Crippen molar-refractivity contribution in [1.29, 1.82) is 0 Å². The molecule has 1 aliphatic carbocycles. The van der Waals surface area contributed by atoms with Crippen molar-refractivity contribution >= 4 is 21.6 Å². The Kier molecular flexibility index (Phi) is 5.47. The monoisotopic (exact) mass is 311 g/mol. The summed E-state index contributed by atoms with van der Waals surface area (Å²) in [6.45, 7) is 6.08. The van der Waals surface area contributed by atoms with E-state index in [9.17, 15) is 8.42 Å². The highest BCUT2D eigenvalue weighted by Crippen LogP contribution is 2.20. The summed E-state index contributed by atoms with van der Waals surface area (Å²) in [6, 6.07) is 7.58. The third-order valence-electron chi connectivity index (χ3n) is 3.93. The lowest BCUT2D eigenvalue weighted by Crippen LogP contribution is -2.37. The van der Waals surface area contributed by atoms with Crippen LogP contribution in [0.1, 0.15) is 39.5 Å². The van der Waals surface area contributed by atoms with Gasteiger partial charge in [-0.25, -0.2) is 0 Å². The second kappa shape index (κ2) is 7.13. The predicted octanol–water partition coefficient (Wildman–Crippen LogP) is 2.72. The molecular formula is C15H25N3O2S. The van der Waals surface area contributed by atoms with Gasteiger partial charge in [-0.1, -0.05) is 12.8 Å². The Hall–Kier alpha value is -1.27. The van der Waals surface area contributed by atoms with Crippen LogP contribution in [-0.4, -0.2) is 27.5 Å². The van der Waals surface area contributed by atoms with E-state index in [-0.39, 0.29) is 6.04 Å². The van der Waals surface area contributed by atoms with Crippen molar-refractivity contribution in [3.63, 3.8) is 0 Å². The summed E-state index contributed by atoms with van der Waals surface area (Å²) in [6.07, 6.45) is 4.07. The minimum absolute atomic E-state index is 0.0810. The lowest BCUT2D eigenvalue weighted by molar-refractivity contribution is 0.557. The van der Waals surface area contributed by atoms with Crippen LogP contribution in [0.5, 0.6) is 0 Å². The third-order valence-corrected chi connectivity index (χ3v) is 5.07. The molecule has 0 amide bonds. The van der Waals surface area contributed by atoms with Gasteiger partial charge in [0, 0.05) is 30.5 Å². The molecule has 0 aromatic heterocycles. The summed E-state index contributed by atoms with van der Waals surface area (Å²) in [7, 11) is -3.48. The minimum Gasteiger partial charge on any atom is -0.372 e.